The van der Waals surface area contributed by atoms with Crippen LogP contribution in [-0.2, 0) is 6.42 Å². The highest BCUT2D eigenvalue weighted by atomic mass is 32.1. The van der Waals surface area contributed by atoms with Crippen LogP contribution in [0.1, 0.15) is 5.56 Å². The molecule has 3 nitrogen and oxygen atoms in total. The average molecular weight is 359 g/mol. The van der Waals surface area contributed by atoms with Crippen LogP contribution in [0.5, 0.6) is 0 Å². The predicted molar refractivity (Wildman–Crippen MR) is 98.3 cm³/mol. The van der Waals surface area contributed by atoms with Crippen molar-refractivity contribution in [1.82, 2.24) is 9.88 Å². The van der Waals surface area contributed by atoms with E-state index in [1.807, 2.05) is 6.07 Å². The number of anilines is 1. The highest BCUT2D eigenvalue weighted by molar-refractivity contribution is 7.22. The van der Waals surface area contributed by atoms with E-state index >= 15 is 0 Å². The lowest BCUT2D eigenvalue weighted by Crippen LogP contribution is -2.46. The molecule has 2 heterocycles. The Balaban J connectivity index is 1.38. The zero-order valence-electron chi connectivity index (χ0n) is 13.8. The summed E-state index contributed by atoms with van der Waals surface area (Å²) in [5.41, 5.74) is 1.63. The quantitative estimate of drug-likeness (QED) is 0.703. The Morgan fingerprint density at radius 2 is 1.76 bits per heavy atom. The minimum absolute atomic E-state index is 0.271. The summed E-state index contributed by atoms with van der Waals surface area (Å²) in [6.45, 7) is 4.67. The van der Waals surface area contributed by atoms with Crippen LogP contribution >= 0.6 is 11.3 Å². The number of thiazole rings is 1. The summed E-state index contributed by atoms with van der Waals surface area (Å²) in [7, 11) is 0. The first-order valence-electron chi connectivity index (χ1n) is 8.46. The van der Waals surface area contributed by atoms with Gasteiger partial charge in [0.25, 0.3) is 0 Å². The second kappa shape index (κ2) is 7.06. The van der Waals surface area contributed by atoms with Crippen LogP contribution in [0, 0.1) is 11.6 Å². The molecule has 25 heavy (non-hydrogen) atoms. The lowest BCUT2D eigenvalue weighted by atomic mass is 10.1. The van der Waals surface area contributed by atoms with Gasteiger partial charge < -0.3 is 4.90 Å². The molecule has 1 aliphatic rings. The Labute approximate surface area is 149 Å². The van der Waals surface area contributed by atoms with Crippen LogP contribution < -0.4 is 4.90 Å². The third kappa shape index (κ3) is 3.65. The number of halogens is 2. The molecule has 3 aromatic rings. The van der Waals surface area contributed by atoms with Crippen LogP contribution in [0.25, 0.3) is 10.2 Å². The molecule has 0 bridgehead atoms. The Morgan fingerprint density at radius 1 is 1.00 bits per heavy atom. The Bertz CT molecular complexity index is 858. The van der Waals surface area contributed by atoms with E-state index in [1.54, 1.807) is 0 Å². The highest BCUT2D eigenvalue weighted by Gasteiger charge is 2.20. The number of rotatable bonds is 4. The summed E-state index contributed by atoms with van der Waals surface area (Å²) in [5, 5.41) is 0.780. The molecule has 1 aromatic heterocycles. The van der Waals surface area contributed by atoms with Crippen molar-refractivity contribution in [3.8, 4) is 0 Å². The van der Waals surface area contributed by atoms with Crippen LogP contribution in [0.2, 0.25) is 0 Å². The Hall–Kier alpha value is -2.05. The van der Waals surface area contributed by atoms with E-state index in [-0.39, 0.29) is 5.52 Å². The third-order valence-electron chi connectivity index (χ3n) is 4.60. The fourth-order valence-electron chi connectivity index (χ4n) is 3.18. The first kappa shape index (κ1) is 16.4. The molecule has 0 amide bonds. The molecule has 0 radical (unpaired) electrons. The number of piperazine rings is 1. The van der Waals surface area contributed by atoms with Crippen LogP contribution in [0.3, 0.4) is 0 Å². The molecule has 0 aliphatic carbocycles. The van der Waals surface area contributed by atoms with E-state index in [9.17, 15) is 8.78 Å². The average Bonchev–Trinajstić information content (AvgIpc) is 3.06. The van der Waals surface area contributed by atoms with E-state index in [0.717, 1.165) is 50.3 Å². The zero-order valence-corrected chi connectivity index (χ0v) is 14.6. The molecule has 6 heteroatoms. The minimum Gasteiger partial charge on any atom is -0.345 e. The molecule has 0 spiro atoms. The number of hydrogen-bond acceptors (Lipinski definition) is 4. The van der Waals surface area contributed by atoms with Gasteiger partial charge in [-0.15, -0.1) is 0 Å². The van der Waals surface area contributed by atoms with Crippen molar-refractivity contribution in [3.05, 3.63) is 59.7 Å². The molecule has 1 fully saturated rings. The first-order valence-corrected chi connectivity index (χ1v) is 9.27. The minimum atomic E-state index is -0.584. The molecule has 1 aliphatic heterocycles. The fourth-order valence-corrected chi connectivity index (χ4v) is 4.23. The van der Waals surface area contributed by atoms with Crippen molar-refractivity contribution in [1.29, 1.82) is 0 Å². The Morgan fingerprint density at radius 3 is 2.52 bits per heavy atom. The molecule has 0 N–H and O–H groups in total. The molecule has 2 aromatic carbocycles. The van der Waals surface area contributed by atoms with Crippen molar-refractivity contribution in [2.45, 2.75) is 6.42 Å². The predicted octanol–water partition coefficient (Wildman–Crippen LogP) is 3.94. The number of nitrogens with zero attached hydrogens (tertiary/aromatic N) is 3. The van der Waals surface area contributed by atoms with E-state index in [1.165, 1.54) is 23.0 Å². The second-order valence-electron chi connectivity index (χ2n) is 6.30. The fraction of sp³-hybridized carbons (Fsp3) is 0.316. The SMILES string of the molecule is Fc1cc(F)c2nc(N3CCN(CCc4ccccc4)CC3)sc2c1. The molecule has 0 unspecified atom stereocenters. The van der Waals surface area contributed by atoms with Crippen molar-refractivity contribution < 1.29 is 8.78 Å². The van der Waals surface area contributed by atoms with Crippen LogP contribution in [0.4, 0.5) is 13.9 Å². The molecule has 1 saturated heterocycles. The number of aromatic nitrogens is 1. The van der Waals surface area contributed by atoms with E-state index < -0.39 is 11.6 Å². The van der Waals surface area contributed by atoms with E-state index in [2.05, 4.69) is 39.0 Å². The van der Waals surface area contributed by atoms with Gasteiger partial charge in [-0.2, -0.15) is 0 Å². The van der Waals surface area contributed by atoms with Crippen molar-refractivity contribution >= 4 is 26.7 Å². The number of fused-ring (bicyclic) bond motifs is 1. The Kier molecular flexibility index (Phi) is 4.63. The maximum Gasteiger partial charge on any atom is 0.186 e. The largest absolute Gasteiger partial charge is 0.345 e. The van der Waals surface area contributed by atoms with Gasteiger partial charge in [0.15, 0.2) is 10.9 Å². The van der Waals surface area contributed by atoms with Crippen LogP contribution in [0.15, 0.2) is 42.5 Å². The van der Waals surface area contributed by atoms with Gasteiger partial charge >= 0.3 is 0 Å². The summed E-state index contributed by atoms with van der Waals surface area (Å²) in [6.07, 6.45) is 1.05. The number of hydrogen-bond donors (Lipinski definition) is 0. The lowest BCUT2D eigenvalue weighted by Gasteiger charge is -2.34. The van der Waals surface area contributed by atoms with E-state index in [4.69, 9.17) is 0 Å². The van der Waals surface area contributed by atoms with Gasteiger partial charge in [0.2, 0.25) is 0 Å². The summed E-state index contributed by atoms with van der Waals surface area (Å²) < 4.78 is 27.7. The van der Waals surface area contributed by atoms with Crippen molar-refractivity contribution in [3.63, 3.8) is 0 Å². The second-order valence-corrected chi connectivity index (χ2v) is 7.30. The van der Waals surface area contributed by atoms with E-state index in [0.29, 0.717) is 4.70 Å². The highest BCUT2D eigenvalue weighted by Crippen LogP contribution is 2.31. The maximum atomic E-state index is 13.8. The van der Waals surface area contributed by atoms with Gasteiger partial charge in [0.1, 0.15) is 11.3 Å². The van der Waals surface area contributed by atoms with Gasteiger partial charge in [-0.05, 0) is 18.1 Å². The van der Waals surface area contributed by atoms with Crippen LogP contribution in [-0.4, -0.2) is 42.6 Å². The van der Waals surface area contributed by atoms with Crippen molar-refractivity contribution in [2.75, 3.05) is 37.6 Å². The van der Waals surface area contributed by atoms with Gasteiger partial charge in [-0.3, -0.25) is 4.90 Å². The summed E-state index contributed by atoms with van der Waals surface area (Å²) >= 11 is 1.36. The smallest absolute Gasteiger partial charge is 0.186 e. The topological polar surface area (TPSA) is 19.4 Å². The molecule has 0 saturated carbocycles. The van der Waals surface area contributed by atoms with Gasteiger partial charge in [0.05, 0.1) is 4.70 Å². The zero-order chi connectivity index (χ0) is 17.2. The normalized spacial score (nSPS) is 15.8. The molecular weight excluding hydrogens is 340 g/mol. The molecule has 0 atom stereocenters. The standard InChI is InChI=1S/C19H19F2N3S/c20-15-12-16(21)18-17(13-15)25-19(22-18)24-10-8-23(9-11-24)7-6-14-4-2-1-3-5-14/h1-5,12-13H,6-11H2. The summed E-state index contributed by atoms with van der Waals surface area (Å²) in [4.78, 5) is 8.99. The first-order chi connectivity index (χ1) is 12.2. The summed E-state index contributed by atoms with van der Waals surface area (Å²) in [5.74, 6) is -1.13. The maximum absolute atomic E-state index is 13.8. The van der Waals surface area contributed by atoms with Gasteiger partial charge in [0, 0.05) is 38.8 Å². The third-order valence-corrected chi connectivity index (χ3v) is 5.67. The van der Waals surface area contributed by atoms with Gasteiger partial charge in [-0.1, -0.05) is 41.7 Å². The molecular formula is C19H19F2N3S. The lowest BCUT2D eigenvalue weighted by molar-refractivity contribution is 0.261. The molecule has 4 rings (SSSR count). The van der Waals surface area contributed by atoms with Gasteiger partial charge in [-0.25, -0.2) is 13.8 Å². The number of benzene rings is 2. The van der Waals surface area contributed by atoms with Crippen molar-refractivity contribution in [2.24, 2.45) is 0 Å². The monoisotopic (exact) mass is 359 g/mol. The molecule has 130 valence electrons. The summed E-state index contributed by atoms with van der Waals surface area (Å²) in [6, 6.07) is 12.7.